The Labute approximate surface area is 127 Å². The number of ether oxygens (including phenoxy) is 1. The summed E-state index contributed by atoms with van der Waals surface area (Å²) in [7, 11) is 0. The number of nitrogens with one attached hydrogen (secondary N) is 1. The van der Waals surface area contributed by atoms with Crippen molar-refractivity contribution in [1.29, 1.82) is 0 Å². The Kier molecular flexibility index (Phi) is 3.97. The van der Waals surface area contributed by atoms with E-state index in [1.165, 1.54) is 44.2 Å². The van der Waals surface area contributed by atoms with Gasteiger partial charge < -0.3 is 10.1 Å². The summed E-state index contributed by atoms with van der Waals surface area (Å²) >= 11 is 0. The molecule has 3 nitrogen and oxygen atoms in total. The van der Waals surface area contributed by atoms with Crippen LogP contribution in [0.3, 0.4) is 0 Å². The molecule has 4 rings (SSSR count). The Morgan fingerprint density at radius 3 is 3.14 bits per heavy atom. The Bertz CT molecular complexity index is 502. The molecule has 0 radical (unpaired) electrons. The quantitative estimate of drug-likeness (QED) is 0.917. The summed E-state index contributed by atoms with van der Waals surface area (Å²) in [5.74, 6) is 0. The van der Waals surface area contributed by atoms with Gasteiger partial charge in [-0.3, -0.25) is 4.90 Å². The minimum Gasteiger partial charge on any atom is -0.374 e. The first-order valence-electron chi connectivity index (χ1n) is 8.55. The van der Waals surface area contributed by atoms with Crippen molar-refractivity contribution in [2.24, 2.45) is 0 Å². The van der Waals surface area contributed by atoms with Gasteiger partial charge in [0, 0.05) is 25.7 Å². The number of hydrogen-bond acceptors (Lipinski definition) is 3. The second-order valence-electron chi connectivity index (χ2n) is 6.83. The van der Waals surface area contributed by atoms with Crippen LogP contribution in [0.5, 0.6) is 0 Å². The molecule has 0 saturated carbocycles. The molecular weight excluding hydrogens is 260 g/mol. The van der Waals surface area contributed by atoms with Gasteiger partial charge in [-0.05, 0) is 55.3 Å². The lowest BCUT2D eigenvalue weighted by molar-refractivity contribution is -0.0470. The van der Waals surface area contributed by atoms with Crippen LogP contribution in [0.2, 0.25) is 0 Å². The van der Waals surface area contributed by atoms with Gasteiger partial charge in [-0.2, -0.15) is 0 Å². The van der Waals surface area contributed by atoms with E-state index >= 15 is 0 Å². The van der Waals surface area contributed by atoms with Crippen molar-refractivity contribution in [3.05, 3.63) is 34.9 Å². The van der Waals surface area contributed by atoms with Gasteiger partial charge in [-0.25, -0.2) is 0 Å². The molecule has 2 heterocycles. The predicted octanol–water partition coefficient (Wildman–Crippen LogP) is 2.13. The fourth-order valence-electron chi connectivity index (χ4n) is 4.12. The highest BCUT2D eigenvalue weighted by Gasteiger charge is 2.31. The number of aryl methyl sites for hydroxylation is 2. The summed E-state index contributed by atoms with van der Waals surface area (Å²) in [5, 5.41) is 3.59. The summed E-state index contributed by atoms with van der Waals surface area (Å²) < 4.78 is 6.00. The first-order valence-corrected chi connectivity index (χ1v) is 8.55. The minimum atomic E-state index is 0.369. The van der Waals surface area contributed by atoms with Crippen molar-refractivity contribution >= 4 is 0 Å². The fourth-order valence-corrected chi connectivity index (χ4v) is 4.12. The molecule has 3 heteroatoms. The standard InChI is InChI=1S/C18H26N2O/c1-3-15-7-6-14(9-16(15)4-1)10-19-11-18-12-20-8-2-5-17(20)13-21-18/h6-7,9,17-19H,1-5,8,10-13H2. The number of benzene rings is 1. The van der Waals surface area contributed by atoms with Crippen LogP contribution < -0.4 is 5.32 Å². The van der Waals surface area contributed by atoms with Crippen molar-refractivity contribution in [3.8, 4) is 0 Å². The van der Waals surface area contributed by atoms with Crippen LogP contribution in [0.1, 0.15) is 36.0 Å². The minimum absolute atomic E-state index is 0.369. The Morgan fingerprint density at radius 1 is 1.19 bits per heavy atom. The van der Waals surface area contributed by atoms with Gasteiger partial charge in [0.2, 0.25) is 0 Å². The Morgan fingerprint density at radius 2 is 2.14 bits per heavy atom. The highest BCUT2D eigenvalue weighted by Crippen LogP contribution is 2.23. The number of fused-ring (bicyclic) bond motifs is 2. The molecule has 0 amide bonds. The van der Waals surface area contributed by atoms with Crippen LogP contribution in [0.25, 0.3) is 0 Å². The van der Waals surface area contributed by atoms with Gasteiger partial charge in [-0.1, -0.05) is 18.2 Å². The van der Waals surface area contributed by atoms with E-state index in [4.69, 9.17) is 4.74 Å². The van der Waals surface area contributed by atoms with E-state index in [-0.39, 0.29) is 0 Å². The SMILES string of the molecule is c1cc2c(cc1CNCC1CN3CCCC3CO1)CCC2. The zero-order chi connectivity index (χ0) is 14.1. The zero-order valence-corrected chi connectivity index (χ0v) is 12.8. The van der Waals surface area contributed by atoms with Crippen LogP contribution in [-0.2, 0) is 24.1 Å². The third-order valence-electron chi connectivity index (χ3n) is 5.33. The van der Waals surface area contributed by atoms with Crippen LogP contribution in [0.15, 0.2) is 18.2 Å². The molecule has 2 fully saturated rings. The maximum Gasteiger partial charge on any atom is 0.0827 e. The highest BCUT2D eigenvalue weighted by molar-refractivity contribution is 5.35. The number of morpholine rings is 1. The average molecular weight is 286 g/mol. The predicted molar refractivity (Wildman–Crippen MR) is 84.5 cm³/mol. The van der Waals surface area contributed by atoms with Crippen molar-refractivity contribution in [2.75, 3.05) is 26.2 Å². The van der Waals surface area contributed by atoms with Crippen LogP contribution >= 0.6 is 0 Å². The molecule has 0 spiro atoms. The normalized spacial score (nSPS) is 28.6. The van der Waals surface area contributed by atoms with E-state index in [0.29, 0.717) is 12.1 Å². The molecule has 1 N–H and O–H groups in total. The first kappa shape index (κ1) is 13.7. The summed E-state index contributed by atoms with van der Waals surface area (Å²) in [6.45, 7) is 5.26. The van der Waals surface area contributed by atoms with Crippen LogP contribution in [0, 0.1) is 0 Å². The average Bonchev–Trinajstić information content (AvgIpc) is 3.14. The fraction of sp³-hybridized carbons (Fsp3) is 0.667. The van der Waals surface area contributed by atoms with Gasteiger partial charge in [0.1, 0.15) is 0 Å². The number of hydrogen-bond donors (Lipinski definition) is 1. The molecule has 2 aliphatic heterocycles. The third-order valence-corrected chi connectivity index (χ3v) is 5.33. The zero-order valence-electron chi connectivity index (χ0n) is 12.8. The molecule has 2 saturated heterocycles. The molecule has 3 aliphatic rings. The van der Waals surface area contributed by atoms with Gasteiger partial charge >= 0.3 is 0 Å². The van der Waals surface area contributed by atoms with Gasteiger partial charge in [0.15, 0.2) is 0 Å². The Balaban J connectivity index is 1.26. The van der Waals surface area contributed by atoms with Gasteiger partial charge in [0.05, 0.1) is 12.7 Å². The molecule has 2 atom stereocenters. The monoisotopic (exact) mass is 286 g/mol. The largest absolute Gasteiger partial charge is 0.374 e. The van der Waals surface area contributed by atoms with Crippen molar-refractivity contribution in [2.45, 2.75) is 50.8 Å². The van der Waals surface area contributed by atoms with E-state index in [9.17, 15) is 0 Å². The van der Waals surface area contributed by atoms with Crippen molar-refractivity contribution in [1.82, 2.24) is 10.2 Å². The smallest absolute Gasteiger partial charge is 0.0827 e. The molecule has 0 bridgehead atoms. The summed E-state index contributed by atoms with van der Waals surface area (Å²) in [6, 6.07) is 7.71. The molecular formula is C18H26N2O. The van der Waals surface area contributed by atoms with Crippen LogP contribution in [-0.4, -0.2) is 43.3 Å². The molecule has 1 aliphatic carbocycles. The van der Waals surface area contributed by atoms with Gasteiger partial charge in [-0.15, -0.1) is 0 Å². The van der Waals surface area contributed by atoms with E-state index < -0.39 is 0 Å². The number of nitrogens with zero attached hydrogens (tertiary/aromatic N) is 1. The summed E-state index contributed by atoms with van der Waals surface area (Å²) in [5.41, 5.74) is 4.56. The van der Waals surface area contributed by atoms with Crippen LogP contribution in [0.4, 0.5) is 0 Å². The maximum atomic E-state index is 6.00. The Hall–Kier alpha value is -0.900. The lowest BCUT2D eigenvalue weighted by Crippen LogP contribution is -2.49. The molecule has 1 aromatic rings. The molecule has 1 aromatic carbocycles. The van der Waals surface area contributed by atoms with E-state index in [2.05, 4.69) is 28.4 Å². The highest BCUT2D eigenvalue weighted by atomic mass is 16.5. The van der Waals surface area contributed by atoms with Crippen molar-refractivity contribution < 1.29 is 4.74 Å². The molecule has 2 unspecified atom stereocenters. The topological polar surface area (TPSA) is 24.5 Å². The summed E-state index contributed by atoms with van der Waals surface area (Å²) in [6.07, 6.45) is 6.92. The first-order chi connectivity index (χ1) is 10.4. The molecule has 114 valence electrons. The number of rotatable bonds is 4. The maximum absolute atomic E-state index is 6.00. The lowest BCUT2D eigenvalue weighted by Gasteiger charge is -2.35. The van der Waals surface area contributed by atoms with E-state index in [1.807, 2.05) is 0 Å². The van der Waals surface area contributed by atoms with Crippen molar-refractivity contribution in [3.63, 3.8) is 0 Å². The molecule has 21 heavy (non-hydrogen) atoms. The second-order valence-corrected chi connectivity index (χ2v) is 6.83. The second kappa shape index (κ2) is 6.07. The molecule has 0 aromatic heterocycles. The van der Waals surface area contributed by atoms with E-state index in [0.717, 1.165) is 26.2 Å². The third kappa shape index (κ3) is 3.01. The van der Waals surface area contributed by atoms with Gasteiger partial charge in [0.25, 0.3) is 0 Å². The van der Waals surface area contributed by atoms with E-state index in [1.54, 1.807) is 11.1 Å². The lowest BCUT2D eigenvalue weighted by atomic mass is 10.1. The summed E-state index contributed by atoms with van der Waals surface area (Å²) in [4.78, 5) is 2.62.